The van der Waals surface area contributed by atoms with Crippen LogP contribution in [0, 0.1) is 5.82 Å². The van der Waals surface area contributed by atoms with Crippen LogP contribution < -0.4 is 0 Å². The molecule has 88 valence electrons. The molecule has 3 nitrogen and oxygen atoms in total. The van der Waals surface area contributed by atoms with Gasteiger partial charge in [-0.05, 0) is 39.1 Å². The molecule has 0 saturated heterocycles. The van der Waals surface area contributed by atoms with Crippen molar-refractivity contribution in [3.05, 3.63) is 41.7 Å². The number of hydrogen-bond acceptors (Lipinski definition) is 2. The molecule has 0 aromatic heterocycles. The molecule has 2 rings (SSSR count). The second kappa shape index (κ2) is 5.48. The maximum Gasteiger partial charge on any atom is 0.255 e. The lowest BCUT2D eigenvalue weighted by Crippen LogP contribution is -2.25. The summed E-state index contributed by atoms with van der Waals surface area (Å²) in [6, 6.07) is 6.20. The Kier molecular flexibility index (Phi) is 3.98. The molecule has 1 aliphatic rings. The normalized spacial score (nSPS) is 16.5. The second-order valence-corrected chi connectivity index (χ2v) is 5.18. The van der Waals surface area contributed by atoms with Gasteiger partial charge in [0.2, 0.25) is 0 Å². The van der Waals surface area contributed by atoms with Gasteiger partial charge in [-0.25, -0.2) is 8.91 Å². The second-order valence-electron chi connectivity index (χ2n) is 3.59. The van der Waals surface area contributed by atoms with Crippen LogP contribution in [0.1, 0.15) is 12.0 Å². The highest BCUT2D eigenvalue weighted by Crippen LogP contribution is 2.26. The van der Waals surface area contributed by atoms with Crippen LogP contribution in [0.25, 0.3) is 5.57 Å². The summed E-state index contributed by atoms with van der Waals surface area (Å²) in [6.45, 7) is 0.640. The molecule has 0 aliphatic carbocycles. The Morgan fingerprint density at radius 1 is 1.35 bits per heavy atom. The zero-order chi connectivity index (χ0) is 12.3. The summed E-state index contributed by atoms with van der Waals surface area (Å²) in [5, 5.41) is 0. The molecule has 1 unspecified atom stereocenters. The Morgan fingerprint density at radius 2 is 2.06 bits per heavy atom. The number of nitrogens with zero attached hydrogens (tertiary/aromatic N) is 2. The van der Waals surface area contributed by atoms with E-state index < -0.39 is 0 Å². The maximum absolute atomic E-state index is 12.8. The first-order valence-corrected chi connectivity index (χ1v) is 6.41. The van der Waals surface area contributed by atoms with E-state index in [2.05, 4.69) is 13.9 Å². The van der Waals surface area contributed by atoms with Crippen molar-refractivity contribution in [2.75, 3.05) is 6.54 Å². The number of hydrogen-bond donors (Lipinski definition) is 0. The molecule has 0 bridgehead atoms. The van der Waals surface area contributed by atoms with Crippen LogP contribution in [0.5, 0.6) is 0 Å². The molecule has 1 atom stereocenters. The molecule has 1 amide bonds. The topological polar surface area (TPSA) is 32.7 Å². The highest BCUT2D eigenvalue weighted by molar-refractivity contribution is 7.33. The fourth-order valence-corrected chi connectivity index (χ4v) is 2.51. The number of rotatable bonds is 2. The van der Waals surface area contributed by atoms with Crippen LogP contribution in [0.15, 0.2) is 34.9 Å². The van der Waals surface area contributed by atoms with Gasteiger partial charge in [0.1, 0.15) is 14.3 Å². The van der Waals surface area contributed by atoms with E-state index in [4.69, 9.17) is 0 Å². The van der Waals surface area contributed by atoms with Gasteiger partial charge in [0.15, 0.2) is 0 Å². The summed E-state index contributed by atoms with van der Waals surface area (Å²) < 4.78 is 18.3. The molecule has 1 heterocycles. The lowest BCUT2D eigenvalue weighted by Gasteiger charge is -2.21. The predicted molar refractivity (Wildman–Crippen MR) is 69.8 cm³/mol. The SMILES string of the molecule is O=C1C=C(c2ccc(F)cc2)CCN1P=NP. The lowest BCUT2D eigenvalue weighted by atomic mass is 10.0. The number of benzene rings is 1. The fraction of sp³-hybridized carbons (Fsp3) is 0.182. The zero-order valence-electron chi connectivity index (χ0n) is 9.01. The average Bonchev–Trinajstić information content (AvgIpc) is 2.33. The molecule has 1 aliphatic heterocycles. The highest BCUT2D eigenvalue weighted by Gasteiger charge is 2.18. The van der Waals surface area contributed by atoms with Crippen LogP contribution in [0.3, 0.4) is 0 Å². The molecule has 0 N–H and O–H groups in total. The van der Waals surface area contributed by atoms with E-state index in [0.29, 0.717) is 15.1 Å². The lowest BCUT2D eigenvalue weighted by molar-refractivity contribution is -0.121. The maximum atomic E-state index is 12.8. The van der Waals surface area contributed by atoms with Gasteiger partial charge in [-0.2, -0.15) is 0 Å². The molecule has 17 heavy (non-hydrogen) atoms. The number of amides is 1. The van der Waals surface area contributed by atoms with Crippen LogP contribution in [0.2, 0.25) is 0 Å². The van der Waals surface area contributed by atoms with Crippen molar-refractivity contribution in [1.29, 1.82) is 0 Å². The van der Waals surface area contributed by atoms with E-state index in [0.717, 1.165) is 17.6 Å². The molecular formula is C11H11FN2OP2. The van der Waals surface area contributed by atoms with Gasteiger partial charge in [-0.3, -0.25) is 9.46 Å². The molecule has 0 saturated carbocycles. The highest BCUT2D eigenvalue weighted by atomic mass is 31.1. The zero-order valence-corrected chi connectivity index (χ0v) is 11.1. The van der Waals surface area contributed by atoms with Gasteiger partial charge < -0.3 is 0 Å². The van der Waals surface area contributed by atoms with E-state index in [1.165, 1.54) is 12.1 Å². The van der Waals surface area contributed by atoms with E-state index in [-0.39, 0.29) is 11.7 Å². The van der Waals surface area contributed by atoms with Gasteiger partial charge >= 0.3 is 0 Å². The van der Waals surface area contributed by atoms with E-state index >= 15 is 0 Å². The molecule has 0 fully saturated rings. The standard InChI is InChI=1S/C11H11FN2OP2/c12-10-3-1-8(2-4-10)9-5-6-14(17-13-16)11(15)7-9/h1-4,7H,5-6,16H2. The quantitative estimate of drug-likeness (QED) is 0.757. The van der Waals surface area contributed by atoms with Crippen molar-refractivity contribution in [2.45, 2.75) is 6.42 Å². The van der Waals surface area contributed by atoms with Crippen molar-refractivity contribution in [2.24, 2.45) is 4.52 Å². The van der Waals surface area contributed by atoms with Crippen molar-refractivity contribution in [3.8, 4) is 0 Å². The van der Waals surface area contributed by atoms with Crippen molar-refractivity contribution < 1.29 is 9.18 Å². The third kappa shape index (κ3) is 2.96. The largest absolute Gasteiger partial charge is 0.275 e. The van der Waals surface area contributed by atoms with Gasteiger partial charge in [0, 0.05) is 12.6 Å². The molecule has 6 heteroatoms. The Hall–Kier alpha value is -1.11. The van der Waals surface area contributed by atoms with Crippen LogP contribution in [-0.2, 0) is 4.79 Å². The van der Waals surface area contributed by atoms with E-state index in [1.54, 1.807) is 22.9 Å². The monoisotopic (exact) mass is 268 g/mol. The number of halogens is 1. The Bertz CT molecular complexity index is 485. The average molecular weight is 268 g/mol. The Labute approximate surface area is 103 Å². The molecule has 0 radical (unpaired) electrons. The minimum Gasteiger partial charge on any atom is -0.275 e. The number of carbonyl (C=O) groups is 1. The smallest absolute Gasteiger partial charge is 0.255 e. The fourth-order valence-electron chi connectivity index (χ4n) is 1.68. The van der Waals surface area contributed by atoms with Crippen LogP contribution >= 0.6 is 17.9 Å². The van der Waals surface area contributed by atoms with Crippen molar-refractivity contribution in [1.82, 2.24) is 4.67 Å². The predicted octanol–water partition coefficient (Wildman–Crippen LogP) is 3.28. The van der Waals surface area contributed by atoms with Gasteiger partial charge in [0.05, 0.1) is 0 Å². The third-order valence-corrected chi connectivity index (χ3v) is 3.55. The van der Waals surface area contributed by atoms with Crippen molar-refractivity contribution >= 4 is 29.4 Å². The molecule has 1 aromatic carbocycles. The van der Waals surface area contributed by atoms with Gasteiger partial charge in [-0.1, -0.05) is 12.1 Å². The number of carbonyl (C=O) groups excluding carboxylic acids is 1. The summed E-state index contributed by atoms with van der Waals surface area (Å²) in [7, 11) is 2.88. The molecular weight excluding hydrogens is 257 g/mol. The minimum atomic E-state index is -0.265. The summed E-state index contributed by atoms with van der Waals surface area (Å²) in [4.78, 5) is 11.7. The first kappa shape index (κ1) is 12.3. The Morgan fingerprint density at radius 3 is 2.65 bits per heavy atom. The summed E-state index contributed by atoms with van der Waals surface area (Å²) in [5.41, 5.74) is 1.85. The van der Waals surface area contributed by atoms with Gasteiger partial charge in [0.25, 0.3) is 5.91 Å². The van der Waals surface area contributed by atoms with Gasteiger partial charge in [-0.15, -0.1) is 0 Å². The van der Waals surface area contributed by atoms with E-state index in [1.807, 2.05) is 0 Å². The summed E-state index contributed by atoms with van der Waals surface area (Å²) in [5.74, 6) is -0.318. The molecule has 1 aromatic rings. The van der Waals surface area contributed by atoms with E-state index in [9.17, 15) is 9.18 Å². The van der Waals surface area contributed by atoms with Crippen molar-refractivity contribution in [3.63, 3.8) is 0 Å². The summed E-state index contributed by atoms with van der Waals surface area (Å²) >= 11 is 0. The first-order valence-electron chi connectivity index (χ1n) is 5.09. The Balaban J connectivity index is 2.22. The van der Waals surface area contributed by atoms with Crippen LogP contribution in [-0.4, -0.2) is 17.1 Å². The minimum absolute atomic E-state index is 0.0524. The summed E-state index contributed by atoms with van der Waals surface area (Å²) in [6.07, 6.45) is 2.37. The van der Waals surface area contributed by atoms with Crippen LogP contribution in [0.4, 0.5) is 4.39 Å². The first-order chi connectivity index (χ1) is 8.20. The third-order valence-electron chi connectivity index (χ3n) is 2.52. The molecule has 0 spiro atoms.